The van der Waals surface area contributed by atoms with Crippen molar-refractivity contribution in [1.82, 2.24) is 4.57 Å². The maximum atomic E-state index is 13.8. The highest BCUT2D eigenvalue weighted by atomic mass is 32.1. The van der Waals surface area contributed by atoms with Crippen molar-refractivity contribution in [2.24, 2.45) is 0 Å². The van der Waals surface area contributed by atoms with Crippen molar-refractivity contribution in [1.29, 1.82) is 0 Å². The van der Waals surface area contributed by atoms with Gasteiger partial charge in [0, 0.05) is 42.6 Å². The van der Waals surface area contributed by atoms with Crippen LogP contribution in [0.15, 0.2) is 60.8 Å². The van der Waals surface area contributed by atoms with E-state index in [0.717, 1.165) is 10.1 Å². The fourth-order valence-electron chi connectivity index (χ4n) is 5.25. The number of nitrogens with zero attached hydrogens (tertiary/aromatic N) is 1. The minimum atomic E-state index is -1.17. The number of rotatable bonds is 7. The Labute approximate surface area is 234 Å². The average Bonchev–Trinajstić information content (AvgIpc) is 3.52. The van der Waals surface area contributed by atoms with Crippen LogP contribution in [0.5, 0.6) is 0 Å². The predicted molar refractivity (Wildman–Crippen MR) is 148 cm³/mol. The molecule has 40 heavy (non-hydrogen) atoms. The number of esters is 3. The molecule has 0 spiro atoms. The van der Waals surface area contributed by atoms with Crippen molar-refractivity contribution in [2.45, 2.75) is 64.8 Å². The van der Waals surface area contributed by atoms with Crippen molar-refractivity contribution >= 4 is 56.0 Å². The molecular weight excluding hydrogens is 534 g/mol. The van der Waals surface area contributed by atoms with Gasteiger partial charge in [-0.25, -0.2) is 0 Å². The van der Waals surface area contributed by atoms with Gasteiger partial charge in [0.2, 0.25) is 5.78 Å². The summed E-state index contributed by atoms with van der Waals surface area (Å²) < 4.78 is 26.0. The number of fused-ring (bicyclic) bond motifs is 2. The molecule has 1 fully saturated rings. The normalized spacial score (nSPS) is 22.6. The second-order valence-electron chi connectivity index (χ2n) is 9.64. The number of carbonyl (C=O) groups is 4. The summed E-state index contributed by atoms with van der Waals surface area (Å²) in [5.41, 5.74) is 1.11. The first kappa shape index (κ1) is 27.5. The lowest BCUT2D eigenvalue weighted by Crippen LogP contribution is -2.59. The Morgan fingerprint density at radius 2 is 1.48 bits per heavy atom. The number of hydrogen-bond donors (Lipinski definition) is 0. The van der Waals surface area contributed by atoms with Crippen molar-refractivity contribution in [3.63, 3.8) is 0 Å². The highest BCUT2D eigenvalue weighted by Crippen LogP contribution is 2.39. The SMILES string of the molecule is CC[C@H]1O[C@@H](n2cc(C(=O)c3cc4ccccc4s3)c3ccccc32)[C@H](OC(C)=O)[C@@H](OC(C)=O)[C@@H]1OC(C)=O. The minimum absolute atomic E-state index is 0.155. The Morgan fingerprint density at radius 1 is 0.850 bits per heavy atom. The van der Waals surface area contributed by atoms with Crippen LogP contribution in [0.1, 0.15) is 55.6 Å². The predicted octanol–water partition coefficient (Wildman–Crippen LogP) is 5.19. The second kappa shape index (κ2) is 11.2. The van der Waals surface area contributed by atoms with Gasteiger partial charge in [-0.1, -0.05) is 43.3 Å². The molecule has 4 aromatic rings. The smallest absolute Gasteiger partial charge is 0.303 e. The van der Waals surface area contributed by atoms with Crippen LogP contribution >= 0.6 is 11.3 Å². The zero-order valence-corrected chi connectivity index (χ0v) is 23.3. The van der Waals surface area contributed by atoms with Gasteiger partial charge >= 0.3 is 17.9 Å². The molecule has 2 aromatic carbocycles. The third-order valence-electron chi connectivity index (χ3n) is 6.83. The molecule has 208 valence electrons. The molecule has 2 aromatic heterocycles. The van der Waals surface area contributed by atoms with E-state index in [1.165, 1.54) is 32.1 Å². The van der Waals surface area contributed by atoms with Crippen molar-refractivity contribution in [2.75, 3.05) is 0 Å². The summed E-state index contributed by atoms with van der Waals surface area (Å²) >= 11 is 1.41. The Bertz CT molecular complexity index is 1570. The number of ether oxygens (including phenoxy) is 4. The highest BCUT2D eigenvalue weighted by molar-refractivity contribution is 7.21. The molecule has 0 N–H and O–H groups in total. The molecule has 0 aliphatic carbocycles. The molecule has 5 atom stereocenters. The quantitative estimate of drug-likeness (QED) is 0.172. The third-order valence-corrected chi connectivity index (χ3v) is 7.94. The molecule has 0 unspecified atom stereocenters. The number of carbonyl (C=O) groups excluding carboxylic acids is 4. The van der Waals surface area contributed by atoms with E-state index < -0.39 is 48.6 Å². The Morgan fingerprint density at radius 3 is 2.15 bits per heavy atom. The van der Waals surface area contributed by atoms with Crippen LogP contribution in [0, 0.1) is 0 Å². The van der Waals surface area contributed by atoms with Gasteiger partial charge in [0.05, 0.1) is 10.4 Å². The van der Waals surface area contributed by atoms with Gasteiger partial charge in [0.1, 0.15) is 6.10 Å². The van der Waals surface area contributed by atoms with Gasteiger partial charge in [0.15, 0.2) is 24.5 Å². The Hall–Kier alpha value is -4.02. The first-order valence-electron chi connectivity index (χ1n) is 13.0. The monoisotopic (exact) mass is 563 g/mol. The van der Waals surface area contributed by atoms with Crippen molar-refractivity contribution in [3.05, 3.63) is 71.2 Å². The number of aromatic nitrogens is 1. The second-order valence-corrected chi connectivity index (χ2v) is 10.7. The van der Waals surface area contributed by atoms with Crippen molar-refractivity contribution in [3.8, 4) is 0 Å². The topological polar surface area (TPSA) is 110 Å². The first-order valence-corrected chi connectivity index (χ1v) is 13.8. The lowest BCUT2D eigenvalue weighted by molar-refractivity contribution is -0.262. The van der Waals surface area contributed by atoms with E-state index in [1.54, 1.807) is 10.8 Å². The summed E-state index contributed by atoms with van der Waals surface area (Å²) in [6.07, 6.45) is -2.90. The van der Waals surface area contributed by atoms with Gasteiger partial charge in [-0.15, -0.1) is 11.3 Å². The molecular formula is C30H29NO8S. The van der Waals surface area contributed by atoms with E-state index in [1.807, 2.05) is 61.5 Å². The molecule has 1 aliphatic heterocycles. The van der Waals surface area contributed by atoms with Crippen LogP contribution in [0.2, 0.25) is 0 Å². The number of benzene rings is 2. The largest absolute Gasteiger partial charge is 0.456 e. The Balaban J connectivity index is 1.64. The van der Waals surface area contributed by atoms with Crippen LogP contribution in [0.3, 0.4) is 0 Å². The molecule has 10 heteroatoms. The van der Waals surface area contributed by atoms with E-state index in [9.17, 15) is 19.2 Å². The molecule has 0 radical (unpaired) electrons. The fraction of sp³-hybridized carbons (Fsp3) is 0.333. The molecule has 3 heterocycles. The maximum Gasteiger partial charge on any atom is 0.303 e. The first-order chi connectivity index (χ1) is 19.2. The summed E-state index contributed by atoms with van der Waals surface area (Å²) in [5, 5.41) is 1.67. The lowest BCUT2D eigenvalue weighted by atomic mass is 9.95. The summed E-state index contributed by atoms with van der Waals surface area (Å²) in [5.74, 6) is -2.01. The molecule has 5 rings (SSSR count). The maximum absolute atomic E-state index is 13.8. The van der Waals surface area contributed by atoms with Crippen LogP contribution in [-0.4, -0.2) is 52.7 Å². The van der Waals surface area contributed by atoms with E-state index >= 15 is 0 Å². The van der Waals surface area contributed by atoms with E-state index in [0.29, 0.717) is 27.8 Å². The Kier molecular flexibility index (Phi) is 7.73. The van der Waals surface area contributed by atoms with Crippen LogP contribution < -0.4 is 0 Å². The molecule has 1 aliphatic rings. The summed E-state index contributed by atoms with van der Waals surface area (Å²) in [4.78, 5) is 50.8. The van der Waals surface area contributed by atoms with Gasteiger partial charge in [0.25, 0.3) is 0 Å². The standard InChI is InChI=1S/C30H29NO8S/c1-5-23-27(36-16(2)32)28(37-17(3)33)29(38-18(4)34)30(39-23)31-15-21(20-11-7-8-12-22(20)31)26(35)25-14-19-10-6-9-13-24(19)40-25/h6-15,23,27-30H,5H2,1-4H3/t23-,27-,28+,29-,30-/m1/s1. The minimum Gasteiger partial charge on any atom is -0.456 e. The molecule has 0 amide bonds. The van der Waals surface area contributed by atoms with E-state index in [2.05, 4.69) is 0 Å². The molecule has 9 nitrogen and oxygen atoms in total. The van der Waals surface area contributed by atoms with Gasteiger partial charge in [-0.2, -0.15) is 0 Å². The van der Waals surface area contributed by atoms with Crippen molar-refractivity contribution < 1.29 is 38.1 Å². The third kappa shape index (κ3) is 5.24. The number of ketones is 1. The zero-order valence-electron chi connectivity index (χ0n) is 22.5. The van der Waals surface area contributed by atoms with E-state index in [-0.39, 0.29) is 5.78 Å². The molecule has 1 saturated heterocycles. The lowest BCUT2D eigenvalue weighted by Gasteiger charge is -2.45. The number of para-hydroxylation sites is 1. The summed E-state index contributed by atoms with van der Waals surface area (Å²) in [6.45, 7) is 5.56. The fourth-order valence-corrected chi connectivity index (χ4v) is 6.26. The summed E-state index contributed by atoms with van der Waals surface area (Å²) in [6, 6.07) is 17.0. The van der Waals surface area contributed by atoms with Crippen LogP contribution in [0.4, 0.5) is 0 Å². The van der Waals surface area contributed by atoms with Gasteiger partial charge in [-0.05, 0) is 30.0 Å². The average molecular weight is 564 g/mol. The molecule has 0 bridgehead atoms. The number of thiophene rings is 1. The zero-order chi connectivity index (χ0) is 28.6. The molecule has 0 saturated carbocycles. The van der Waals surface area contributed by atoms with E-state index in [4.69, 9.17) is 18.9 Å². The number of hydrogen-bond acceptors (Lipinski definition) is 9. The van der Waals surface area contributed by atoms with Gasteiger partial charge in [-0.3, -0.25) is 19.2 Å². The van der Waals surface area contributed by atoms with Crippen LogP contribution in [0.25, 0.3) is 21.0 Å². The summed E-state index contributed by atoms with van der Waals surface area (Å²) in [7, 11) is 0. The van der Waals surface area contributed by atoms with Crippen LogP contribution in [-0.2, 0) is 33.3 Å². The highest BCUT2D eigenvalue weighted by Gasteiger charge is 2.52. The van der Waals surface area contributed by atoms with Gasteiger partial charge < -0.3 is 23.5 Å².